The van der Waals surface area contributed by atoms with Gasteiger partial charge in [0, 0.05) is 17.5 Å². The van der Waals surface area contributed by atoms with Crippen LogP contribution in [-0.4, -0.2) is 32.1 Å². The van der Waals surface area contributed by atoms with Crippen molar-refractivity contribution in [3.05, 3.63) is 59.5 Å². The molecule has 7 nitrogen and oxygen atoms in total. The molecule has 2 aliphatic heterocycles. The highest BCUT2D eigenvalue weighted by Crippen LogP contribution is 2.36. The number of anilines is 2. The smallest absolute Gasteiger partial charge is 0.355 e. The van der Waals surface area contributed by atoms with E-state index >= 15 is 0 Å². The Labute approximate surface area is 144 Å². The lowest BCUT2D eigenvalue weighted by atomic mass is 10.1. The average Bonchev–Trinajstić information content (AvgIpc) is 2.87. The SMILES string of the molecule is COC(=O)C1=C(C(=O)OC)N(c2cccc3c2CC(=O)N3)C=CC=C1. The van der Waals surface area contributed by atoms with E-state index < -0.39 is 11.9 Å². The third kappa shape index (κ3) is 2.91. The van der Waals surface area contributed by atoms with Crippen LogP contribution >= 0.6 is 0 Å². The van der Waals surface area contributed by atoms with E-state index in [0.717, 1.165) is 5.56 Å². The number of allylic oxidation sites excluding steroid dienone is 2. The maximum absolute atomic E-state index is 12.4. The van der Waals surface area contributed by atoms with Gasteiger partial charge in [0.15, 0.2) is 0 Å². The number of rotatable bonds is 3. The van der Waals surface area contributed by atoms with Crippen LogP contribution in [-0.2, 0) is 30.3 Å². The predicted octanol–water partition coefficient (Wildman–Crippen LogP) is 1.67. The Morgan fingerprint density at radius 2 is 1.88 bits per heavy atom. The predicted molar refractivity (Wildman–Crippen MR) is 90.6 cm³/mol. The van der Waals surface area contributed by atoms with Crippen LogP contribution in [0.5, 0.6) is 0 Å². The largest absolute Gasteiger partial charge is 0.465 e. The first-order valence-electron chi connectivity index (χ1n) is 7.53. The molecule has 1 aromatic carbocycles. The van der Waals surface area contributed by atoms with Gasteiger partial charge in [-0.2, -0.15) is 0 Å². The summed E-state index contributed by atoms with van der Waals surface area (Å²) < 4.78 is 9.65. The molecule has 25 heavy (non-hydrogen) atoms. The molecule has 0 aliphatic carbocycles. The molecule has 0 saturated heterocycles. The van der Waals surface area contributed by atoms with Crippen LogP contribution < -0.4 is 10.2 Å². The molecular formula is C18H16N2O5. The molecule has 0 aromatic heterocycles. The first-order valence-corrected chi connectivity index (χ1v) is 7.53. The number of carbonyl (C=O) groups excluding carboxylic acids is 3. The summed E-state index contributed by atoms with van der Waals surface area (Å²) in [6.45, 7) is 0. The summed E-state index contributed by atoms with van der Waals surface area (Å²) in [5.41, 5.74) is 2.11. The maximum Gasteiger partial charge on any atom is 0.355 e. The minimum absolute atomic E-state index is 0.0205. The molecule has 3 rings (SSSR count). The van der Waals surface area contributed by atoms with Crippen LogP contribution in [0.1, 0.15) is 5.56 Å². The number of hydrogen-bond acceptors (Lipinski definition) is 6. The number of ether oxygens (including phenoxy) is 2. The Morgan fingerprint density at radius 1 is 1.12 bits per heavy atom. The van der Waals surface area contributed by atoms with Crippen LogP contribution in [0.15, 0.2) is 53.9 Å². The fourth-order valence-electron chi connectivity index (χ4n) is 2.81. The number of nitrogens with zero attached hydrogens (tertiary/aromatic N) is 1. The van der Waals surface area contributed by atoms with Crippen molar-refractivity contribution in [3.63, 3.8) is 0 Å². The zero-order valence-electron chi connectivity index (χ0n) is 13.7. The van der Waals surface area contributed by atoms with E-state index in [2.05, 4.69) is 5.32 Å². The Morgan fingerprint density at radius 3 is 2.60 bits per heavy atom. The molecule has 1 N–H and O–H groups in total. The van der Waals surface area contributed by atoms with Gasteiger partial charge in [-0.05, 0) is 24.3 Å². The van der Waals surface area contributed by atoms with E-state index in [-0.39, 0.29) is 23.6 Å². The Hall–Kier alpha value is -3.35. The van der Waals surface area contributed by atoms with Gasteiger partial charge in [0.1, 0.15) is 5.70 Å². The molecule has 0 atom stereocenters. The normalized spacial score (nSPS) is 15.6. The van der Waals surface area contributed by atoms with E-state index in [1.165, 1.54) is 25.2 Å². The number of fused-ring (bicyclic) bond motifs is 1. The molecule has 0 fully saturated rings. The number of carbonyl (C=O) groups is 3. The van der Waals surface area contributed by atoms with E-state index in [9.17, 15) is 14.4 Å². The highest BCUT2D eigenvalue weighted by Gasteiger charge is 2.30. The summed E-state index contributed by atoms with van der Waals surface area (Å²) >= 11 is 0. The topological polar surface area (TPSA) is 84.9 Å². The van der Waals surface area contributed by atoms with Gasteiger partial charge in [-0.25, -0.2) is 9.59 Å². The average molecular weight is 340 g/mol. The number of esters is 2. The summed E-state index contributed by atoms with van der Waals surface area (Å²) in [7, 11) is 2.48. The van der Waals surface area contributed by atoms with Gasteiger partial charge in [0.25, 0.3) is 0 Å². The summed E-state index contributed by atoms with van der Waals surface area (Å²) in [5, 5.41) is 2.77. The monoisotopic (exact) mass is 340 g/mol. The number of amides is 1. The number of benzene rings is 1. The van der Waals surface area contributed by atoms with Crippen molar-refractivity contribution < 1.29 is 23.9 Å². The molecule has 2 aliphatic rings. The molecule has 7 heteroatoms. The van der Waals surface area contributed by atoms with Crippen molar-refractivity contribution in [1.29, 1.82) is 0 Å². The Balaban J connectivity index is 2.21. The highest BCUT2D eigenvalue weighted by atomic mass is 16.5. The lowest BCUT2D eigenvalue weighted by Crippen LogP contribution is -2.27. The molecular weight excluding hydrogens is 324 g/mol. The van der Waals surface area contributed by atoms with Gasteiger partial charge in [-0.1, -0.05) is 12.1 Å². The maximum atomic E-state index is 12.4. The summed E-state index contributed by atoms with van der Waals surface area (Å²) in [6, 6.07) is 5.32. The van der Waals surface area contributed by atoms with Gasteiger partial charge in [0.05, 0.1) is 31.9 Å². The van der Waals surface area contributed by atoms with Crippen molar-refractivity contribution in [1.82, 2.24) is 0 Å². The molecule has 1 aromatic rings. The summed E-state index contributed by atoms with van der Waals surface area (Å²) in [4.78, 5) is 37.9. The standard InChI is InChI=1S/C18H16N2O5/c1-24-17(22)11-6-3-4-9-20(16(11)18(23)25-2)14-8-5-7-13-12(14)10-15(21)19-13/h3-9H,10H2,1-2H3,(H,19,21). The molecule has 128 valence electrons. The fourth-order valence-corrected chi connectivity index (χ4v) is 2.81. The van der Waals surface area contributed by atoms with E-state index in [4.69, 9.17) is 9.47 Å². The fraction of sp³-hybridized carbons (Fsp3) is 0.167. The molecule has 0 bridgehead atoms. The quantitative estimate of drug-likeness (QED) is 0.843. The van der Waals surface area contributed by atoms with Crippen LogP contribution in [0, 0.1) is 0 Å². The number of nitrogens with one attached hydrogen (secondary N) is 1. The zero-order valence-corrected chi connectivity index (χ0v) is 13.7. The Bertz CT molecular complexity index is 851. The molecule has 0 radical (unpaired) electrons. The lowest BCUT2D eigenvalue weighted by Gasteiger charge is -2.24. The molecule has 0 saturated carbocycles. The zero-order chi connectivity index (χ0) is 18.0. The third-order valence-electron chi connectivity index (χ3n) is 3.91. The molecule has 0 unspecified atom stereocenters. The lowest BCUT2D eigenvalue weighted by molar-refractivity contribution is -0.139. The molecule has 1 amide bonds. The molecule has 2 heterocycles. The Kier molecular flexibility index (Phi) is 4.38. The van der Waals surface area contributed by atoms with Gasteiger partial charge >= 0.3 is 11.9 Å². The van der Waals surface area contributed by atoms with Crippen molar-refractivity contribution in [2.24, 2.45) is 0 Å². The van der Waals surface area contributed by atoms with Crippen LogP contribution in [0.3, 0.4) is 0 Å². The van der Waals surface area contributed by atoms with Crippen molar-refractivity contribution in [2.45, 2.75) is 6.42 Å². The van der Waals surface area contributed by atoms with Crippen molar-refractivity contribution in [2.75, 3.05) is 24.4 Å². The second-order valence-electron chi connectivity index (χ2n) is 5.34. The van der Waals surface area contributed by atoms with Gasteiger partial charge in [-0.15, -0.1) is 0 Å². The number of methoxy groups -OCH3 is 2. The van der Waals surface area contributed by atoms with Crippen molar-refractivity contribution >= 4 is 29.2 Å². The van der Waals surface area contributed by atoms with E-state index in [0.29, 0.717) is 11.4 Å². The van der Waals surface area contributed by atoms with Gasteiger partial charge in [0.2, 0.25) is 5.91 Å². The summed E-state index contributed by atoms with van der Waals surface area (Å²) in [5.74, 6) is -1.48. The molecule has 0 spiro atoms. The second kappa shape index (κ2) is 6.64. The minimum atomic E-state index is -0.688. The van der Waals surface area contributed by atoms with Crippen LogP contribution in [0.2, 0.25) is 0 Å². The van der Waals surface area contributed by atoms with Crippen LogP contribution in [0.4, 0.5) is 11.4 Å². The van der Waals surface area contributed by atoms with Crippen molar-refractivity contribution in [3.8, 4) is 0 Å². The summed E-state index contributed by atoms with van der Waals surface area (Å²) in [6.07, 6.45) is 6.62. The van der Waals surface area contributed by atoms with E-state index in [1.807, 2.05) is 0 Å². The second-order valence-corrected chi connectivity index (χ2v) is 5.34. The highest BCUT2D eigenvalue weighted by molar-refractivity contribution is 6.07. The third-order valence-corrected chi connectivity index (χ3v) is 3.91. The van der Waals surface area contributed by atoms with Gasteiger partial charge in [-0.3, -0.25) is 4.79 Å². The van der Waals surface area contributed by atoms with Gasteiger partial charge < -0.3 is 19.7 Å². The minimum Gasteiger partial charge on any atom is -0.465 e. The van der Waals surface area contributed by atoms with E-state index in [1.54, 1.807) is 36.6 Å². The first-order chi connectivity index (χ1) is 12.1. The van der Waals surface area contributed by atoms with Crippen LogP contribution in [0.25, 0.3) is 0 Å². The number of hydrogen-bond donors (Lipinski definition) is 1. The first kappa shape index (κ1) is 16.5.